The number of nitrogens with one attached hydrogen (secondary N) is 1. The molecule has 1 N–H and O–H groups in total. The van der Waals surface area contributed by atoms with Crippen LogP contribution in [0.4, 0.5) is 8.78 Å². The van der Waals surface area contributed by atoms with Crippen LogP contribution in [0.3, 0.4) is 0 Å². The predicted octanol–water partition coefficient (Wildman–Crippen LogP) is 8.71. The van der Waals surface area contributed by atoms with Gasteiger partial charge in [-0.1, -0.05) is 67.2 Å². The van der Waals surface area contributed by atoms with Gasteiger partial charge in [-0.25, -0.2) is 9.36 Å². The third kappa shape index (κ3) is 13.0. The van der Waals surface area contributed by atoms with Gasteiger partial charge in [0.25, 0.3) is 11.8 Å². The molecule has 2 heterocycles. The number of aromatic nitrogens is 4. The van der Waals surface area contributed by atoms with Gasteiger partial charge in [0.15, 0.2) is 0 Å². The lowest BCUT2D eigenvalue weighted by molar-refractivity contribution is -0.130. The van der Waals surface area contributed by atoms with Crippen molar-refractivity contribution in [2.45, 2.75) is 146 Å². The standard InChI is InChI=1S/C20H32FN3O2.C18H30FN3O.C2H3ClO/c1-12(2)11-13(3)16-9-7-8-10-17(16)24(15(5)25)20(26)18-14(4)22-23(6)19(18)21;1-11(2)10-12(3)14-8-6-7-9-15(14)20-18(23)16-13(4)21-22(5)17(16)19;1-2(3)4/h12-13,16-17H,7-11H2,1-6H3;11-12,14-15H,6-10H2,1-5H3,(H,20,23);1H3. The van der Waals surface area contributed by atoms with Crippen LogP contribution >= 0.6 is 11.6 Å². The fraction of sp³-hybridized carbons (Fsp3) is 0.750. The van der Waals surface area contributed by atoms with Crippen LogP contribution in [0.25, 0.3) is 0 Å². The number of aryl methyl sites for hydroxylation is 4. The van der Waals surface area contributed by atoms with E-state index in [1.807, 2.05) is 0 Å². The Hall–Kier alpha value is -3.15. The molecule has 13 heteroatoms. The molecule has 0 aliphatic heterocycles. The highest BCUT2D eigenvalue weighted by Gasteiger charge is 2.40. The first-order valence-electron chi connectivity index (χ1n) is 19.4. The predicted molar refractivity (Wildman–Crippen MR) is 205 cm³/mol. The molecule has 2 aromatic heterocycles. The number of amides is 3. The lowest BCUT2D eigenvalue weighted by Crippen LogP contribution is -2.50. The van der Waals surface area contributed by atoms with Crippen LogP contribution in [0.15, 0.2) is 0 Å². The highest BCUT2D eigenvalue weighted by atomic mass is 35.5. The van der Waals surface area contributed by atoms with Gasteiger partial charge in [-0.05, 0) is 99.5 Å². The van der Waals surface area contributed by atoms with E-state index in [1.165, 1.54) is 39.3 Å². The Morgan fingerprint density at radius 3 is 1.60 bits per heavy atom. The van der Waals surface area contributed by atoms with E-state index in [9.17, 15) is 28.0 Å². The van der Waals surface area contributed by atoms with Gasteiger partial charge in [0, 0.05) is 40.0 Å². The molecule has 2 aromatic rings. The third-order valence-electron chi connectivity index (χ3n) is 10.7. The van der Waals surface area contributed by atoms with Crippen LogP contribution in [0.2, 0.25) is 0 Å². The van der Waals surface area contributed by atoms with Crippen molar-refractivity contribution in [3.63, 3.8) is 0 Å². The number of halogens is 3. The molecule has 0 radical (unpaired) electrons. The SMILES string of the molecule is CC(=O)Cl.CC(=O)N(C(=O)c1c(C)nn(C)c1F)C1CCCCC1C(C)CC(C)C.Cc1nn(C)c(F)c1C(=O)NC1CCCCC1C(C)CC(C)C. The Balaban J connectivity index is 0.000000335. The summed E-state index contributed by atoms with van der Waals surface area (Å²) in [5.41, 5.74) is 0.783. The van der Waals surface area contributed by atoms with Gasteiger partial charge in [0.2, 0.25) is 23.0 Å². The number of carbonyl (C=O) groups is 4. The molecule has 2 aliphatic carbocycles. The highest BCUT2D eigenvalue weighted by Crippen LogP contribution is 2.38. The van der Waals surface area contributed by atoms with Crippen molar-refractivity contribution in [1.82, 2.24) is 29.8 Å². The maximum Gasteiger partial charge on any atom is 0.267 e. The van der Waals surface area contributed by atoms with E-state index in [2.05, 4.69) is 68.7 Å². The Morgan fingerprint density at radius 1 is 0.755 bits per heavy atom. The van der Waals surface area contributed by atoms with Crippen LogP contribution in [-0.4, -0.2) is 59.5 Å². The fourth-order valence-corrected chi connectivity index (χ4v) is 8.63. The molecule has 2 aliphatic rings. The van der Waals surface area contributed by atoms with E-state index < -0.39 is 17.8 Å². The summed E-state index contributed by atoms with van der Waals surface area (Å²) in [7, 11) is 2.98. The minimum absolute atomic E-state index is 0.0801. The van der Waals surface area contributed by atoms with Crippen molar-refractivity contribution < 1.29 is 28.0 Å². The summed E-state index contributed by atoms with van der Waals surface area (Å²) in [6.45, 7) is 19.3. The third-order valence-corrected chi connectivity index (χ3v) is 10.7. The second-order valence-electron chi connectivity index (χ2n) is 16.2. The number of nitrogens with zero attached hydrogens (tertiary/aromatic N) is 5. The lowest BCUT2D eigenvalue weighted by atomic mass is 9.73. The minimum atomic E-state index is -0.679. The number of imide groups is 1. The minimum Gasteiger partial charge on any atom is -0.349 e. The van der Waals surface area contributed by atoms with Crippen molar-refractivity contribution in [3.8, 4) is 0 Å². The van der Waals surface area contributed by atoms with E-state index in [4.69, 9.17) is 0 Å². The Morgan fingerprint density at radius 2 is 1.17 bits per heavy atom. The molecule has 300 valence electrons. The average molecular weight is 767 g/mol. The molecule has 6 unspecified atom stereocenters. The van der Waals surface area contributed by atoms with E-state index in [0.717, 1.165) is 67.2 Å². The van der Waals surface area contributed by atoms with Gasteiger partial charge in [-0.2, -0.15) is 19.0 Å². The molecule has 0 aromatic carbocycles. The number of hydrogen-bond donors (Lipinski definition) is 1. The summed E-state index contributed by atoms with van der Waals surface area (Å²) in [6.07, 6.45) is 10.6. The molecular formula is C40H65ClF2N6O4. The van der Waals surface area contributed by atoms with Crippen molar-refractivity contribution in [1.29, 1.82) is 0 Å². The first-order valence-corrected chi connectivity index (χ1v) is 19.8. The Kier molecular flexibility index (Phi) is 18.3. The van der Waals surface area contributed by atoms with Crippen molar-refractivity contribution in [2.75, 3.05) is 0 Å². The zero-order valence-electron chi connectivity index (χ0n) is 34.2. The monoisotopic (exact) mass is 766 g/mol. The van der Waals surface area contributed by atoms with Crippen LogP contribution in [-0.2, 0) is 23.7 Å². The summed E-state index contributed by atoms with van der Waals surface area (Å²) >= 11 is 4.64. The van der Waals surface area contributed by atoms with E-state index in [-0.39, 0.29) is 46.2 Å². The summed E-state index contributed by atoms with van der Waals surface area (Å²) in [5.74, 6) is 0.531. The molecular weight excluding hydrogens is 702 g/mol. The summed E-state index contributed by atoms with van der Waals surface area (Å²) in [5, 5.41) is 10.7. The van der Waals surface area contributed by atoms with Crippen LogP contribution < -0.4 is 5.32 Å². The number of carbonyl (C=O) groups excluding carboxylic acids is 4. The first-order chi connectivity index (χ1) is 24.7. The molecule has 2 fully saturated rings. The molecule has 4 rings (SSSR count). The fourth-order valence-electron chi connectivity index (χ4n) is 8.63. The van der Waals surface area contributed by atoms with Gasteiger partial charge < -0.3 is 5.32 Å². The molecule has 3 amide bonds. The smallest absolute Gasteiger partial charge is 0.267 e. The molecule has 53 heavy (non-hydrogen) atoms. The molecule has 10 nitrogen and oxygen atoms in total. The van der Waals surface area contributed by atoms with Crippen LogP contribution in [0.1, 0.15) is 152 Å². The van der Waals surface area contributed by atoms with E-state index >= 15 is 0 Å². The summed E-state index contributed by atoms with van der Waals surface area (Å²) < 4.78 is 30.7. The van der Waals surface area contributed by atoms with Crippen molar-refractivity contribution >= 4 is 34.6 Å². The molecule has 0 bridgehead atoms. The van der Waals surface area contributed by atoms with Gasteiger partial charge in [-0.15, -0.1) is 0 Å². The molecule has 0 spiro atoms. The Labute approximate surface area is 321 Å². The molecule has 6 atom stereocenters. The van der Waals surface area contributed by atoms with E-state index in [1.54, 1.807) is 13.8 Å². The second kappa shape index (κ2) is 21.1. The van der Waals surface area contributed by atoms with Gasteiger partial charge in [0.05, 0.1) is 11.4 Å². The van der Waals surface area contributed by atoms with E-state index in [0.29, 0.717) is 41.0 Å². The number of hydrogen-bond acceptors (Lipinski definition) is 6. The second-order valence-corrected chi connectivity index (χ2v) is 16.7. The average Bonchev–Trinajstić information content (AvgIpc) is 3.46. The molecule has 2 saturated carbocycles. The van der Waals surface area contributed by atoms with Crippen molar-refractivity contribution in [3.05, 3.63) is 34.4 Å². The largest absolute Gasteiger partial charge is 0.349 e. The number of rotatable bonds is 10. The van der Waals surface area contributed by atoms with Crippen LogP contribution in [0.5, 0.6) is 0 Å². The summed E-state index contributed by atoms with van der Waals surface area (Å²) in [4.78, 5) is 48.7. The molecule has 0 saturated heterocycles. The normalized spacial score (nSPS) is 21.2. The van der Waals surface area contributed by atoms with Gasteiger partial charge in [-0.3, -0.25) is 24.1 Å². The van der Waals surface area contributed by atoms with Gasteiger partial charge in [0.1, 0.15) is 11.1 Å². The lowest BCUT2D eigenvalue weighted by Gasteiger charge is -2.41. The Bertz CT molecular complexity index is 1540. The maximum atomic E-state index is 14.4. The zero-order valence-corrected chi connectivity index (χ0v) is 34.9. The topological polar surface area (TPSA) is 119 Å². The summed E-state index contributed by atoms with van der Waals surface area (Å²) in [6, 6.07) is -0.0227. The zero-order chi connectivity index (χ0) is 40.3. The highest BCUT2D eigenvalue weighted by molar-refractivity contribution is 6.62. The van der Waals surface area contributed by atoms with Gasteiger partial charge >= 0.3 is 0 Å². The van der Waals surface area contributed by atoms with Crippen LogP contribution in [0, 0.1) is 61.3 Å². The quantitative estimate of drug-likeness (QED) is 0.242. The maximum absolute atomic E-state index is 14.4. The first kappa shape index (κ1) is 46.0. The van der Waals surface area contributed by atoms with Crippen molar-refractivity contribution in [2.24, 2.45) is 49.6 Å².